The number of benzene rings is 3. The monoisotopic (exact) mass is 700 g/mol. The number of rotatable bonds is 13. The molecule has 0 saturated heterocycles. The maximum Gasteiger partial charge on any atom is 0.408 e. The van der Waals surface area contributed by atoms with Crippen molar-refractivity contribution in [3.63, 3.8) is 0 Å². The van der Waals surface area contributed by atoms with E-state index in [1.807, 2.05) is 92.7 Å². The average Bonchev–Trinajstić information content (AvgIpc) is 2.94. The van der Waals surface area contributed by atoms with Crippen LogP contribution >= 0.6 is 22.6 Å². The first-order valence-corrected chi connectivity index (χ1v) is 15.4. The van der Waals surface area contributed by atoms with Crippen molar-refractivity contribution < 1.29 is 28.6 Å². The summed E-state index contributed by atoms with van der Waals surface area (Å²) in [6, 6.07) is 22.8. The van der Waals surface area contributed by atoms with E-state index in [-0.39, 0.29) is 18.9 Å². The van der Waals surface area contributed by atoms with Gasteiger partial charge in [0, 0.05) is 9.99 Å². The number of carbonyl (C=O) groups is 3. The minimum absolute atomic E-state index is 0.0916. The Balaban J connectivity index is 1.82. The van der Waals surface area contributed by atoms with Crippen LogP contribution in [0.5, 0.6) is 5.75 Å². The Morgan fingerprint density at radius 2 is 1.42 bits per heavy atom. The van der Waals surface area contributed by atoms with Crippen molar-refractivity contribution in [2.24, 2.45) is 5.92 Å². The molecule has 2 amide bonds. The Morgan fingerprint density at radius 3 is 2.00 bits per heavy atom. The number of hydrogen-bond acceptors (Lipinski definition) is 6. The molecule has 0 unspecified atom stereocenters. The van der Waals surface area contributed by atoms with Crippen molar-refractivity contribution in [2.75, 3.05) is 0 Å². The Hall–Kier alpha value is -3.60. The number of hydrogen-bond donors (Lipinski definition) is 2. The van der Waals surface area contributed by atoms with Gasteiger partial charge in [-0.3, -0.25) is 4.79 Å². The second-order valence-corrected chi connectivity index (χ2v) is 13.0. The smallest absolute Gasteiger partial charge is 0.408 e. The molecule has 9 heteroatoms. The molecule has 2 N–H and O–H groups in total. The van der Waals surface area contributed by atoms with Gasteiger partial charge in [-0.15, -0.1) is 0 Å². The molecule has 3 rings (SSSR count). The van der Waals surface area contributed by atoms with Crippen molar-refractivity contribution >= 4 is 40.6 Å². The minimum atomic E-state index is -1.05. The maximum atomic E-state index is 13.8. The second-order valence-electron chi connectivity index (χ2n) is 11.7. The normalized spacial score (nSPS) is 12.6. The second kappa shape index (κ2) is 16.3. The molecule has 0 aromatic heterocycles. The fourth-order valence-corrected chi connectivity index (χ4v) is 4.81. The largest absolute Gasteiger partial charge is 0.489 e. The van der Waals surface area contributed by atoms with Crippen molar-refractivity contribution in [3.05, 3.63) is 99.1 Å². The molecule has 2 atom stereocenters. The molecule has 230 valence electrons. The van der Waals surface area contributed by atoms with Gasteiger partial charge in [-0.1, -0.05) is 74.5 Å². The summed E-state index contributed by atoms with van der Waals surface area (Å²) in [5.41, 5.74) is 1.81. The van der Waals surface area contributed by atoms with Crippen molar-refractivity contribution in [1.82, 2.24) is 10.6 Å². The van der Waals surface area contributed by atoms with Gasteiger partial charge < -0.3 is 24.8 Å². The molecule has 0 spiro atoms. The van der Waals surface area contributed by atoms with Gasteiger partial charge >= 0.3 is 12.1 Å². The molecule has 0 fully saturated rings. The Labute approximate surface area is 268 Å². The lowest BCUT2D eigenvalue weighted by Gasteiger charge is -2.26. The van der Waals surface area contributed by atoms with Gasteiger partial charge in [0.2, 0.25) is 5.91 Å². The van der Waals surface area contributed by atoms with E-state index in [1.165, 1.54) is 0 Å². The highest BCUT2D eigenvalue weighted by Crippen LogP contribution is 2.24. The van der Waals surface area contributed by atoms with Gasteiger partial charge in [0.25, 0.3) is 0 Å². The predicted octanol–water partition coefficient (Wildman–Crippen LogP) is 6.58. The van der Waals surface area contributed by atoms with Crippen molar-refractivity contribution in [3.8, 4) is 5.75 Å². The van der Waals surface area contributed by atoms with Crippen LogP contribution < -0.4 is 15.4 Å². The fraction of sp³-hybridized carbons (Fsp3) is 0.382. The Bertz CT molecular complexity index is 1340. The number of nitrogens with one attached hydrogen (secondary N) is 2. The van der Waals surface area contributed by atoms with Crippen LogP contribution in [0.25, 0.3) is 0 Å². The van der Waals surface area contributed by atoms with Crippen LogP contribution in [-0.4, -0.2) is 35.7 Å². The number of amides is 2. The highest BCUT2D eigenvalue weighted by molar-refractivity contribution is 14.1. The van der Waals surface area contributed by atoms with Gasteiger partial charge in [0.15, 0.2) is 0 Å². The molecule has 8 nitrogen and oxygen atoms in total. The first kappa shape index (κ1) is 33.9. The minimum Gasteiger partial charge on any atom is -0.489 e. The van der Waals surface area contributed by atoms with Crippen LogP contribution in [0.2, 0.25) is 0 Å². The van der Waals surface area contributed by atoms with E-state index < -0.39 is 35.7 Å². The molecule has 43 heavy (non-hydrogen) atoms. The predicted molar refractivity (Wildman–Crippen MR) is 174 cm³/mol. The van der Waals surface area contributed by atoms with Crippen LogP contribution in [0.4, 0.5) is 4.79 Å². The topological polar surface area (TPSA) is 103 Å². The molecule has 0 saturated carbocycles. The van der Waals surface area contributed by atoms with Crippen molar-refractivity contribution in [1.29, 1.82) is 0 Å². The molecule has 0 bridgehead atoms. The van der Waals surface area contributed by atoms with E-state index in [2.05, 4.69) is 33.2 Å². The molecular formula is C34H41IN2O6. The third-order valence-electron chi connectivity index (χ3n) is 6.22. The number of esters is 1. The lowest BCUT2D eigenvalue weighted by atomic mass is 10.0. The van der Waals surface area contributed by atoms with Gasteiger partial charge in [0.1, 0.15) is 36.6 Å². The van der Waals surface area contributed by atoms with E-state index in [1.54, 1.807) is 20.8 Å². The molecule has 0 heterocycles. The van der Waals surface area contributed by atoms with Crippen LogP contribution in [-0.2, 0) is 38.7 Å². The third-order valence-corrected chi connectivity index (χ3v) is 6.89. The first-order valence-electron chi connectivity index (χ1n) is 14.3. The summed E-state index contributed by atoms with van der Waals surface area (Å²) in [7, 11) is 0. The summed E-state index contributed by atoms with van der Waals surface area (Å²) in [6.07, 6.45) is -0.260. The van der Waals surface area contributed by atoms with Gasteiger partial charge in [-0.05, 0) is 90.6 Å². The molecule has 0 radical (unpaired) electrons. The zero-order valence-corrected chi connectivity index (χ0v) is 27.6. The molecular weight excluding hydrogens is 659 g/mol. The number of ether oxygens (including phenoxy) is 3. The fourth-order valence-electron chi connectivity index (χ4n) is 4.25. The molecule has 0 aliphatic carbocycles. The molecule has 0 aliphatic heterocycles. The summed E-state index contributed by atoms with van der Waals surface area (Å²) in [5.74, 6) is -0.376. The number of halogens is 1. The first-order chi connectivity index (χ1) is 20.4. The number of carbonyl (C=O) groups excluding carboxylic acids is 3. The van der Waals surface area contributed by atoms with Crippen LogP contribution in [0.15, 0.2) is 78.9 Å². The Kier molecular flexibility index (Phi) is 12.9. The molecule has 3 aromatic rings. The summed E-state index contributed by atoms with van der Waals surface area (Å²) in [4.78, 5) is 39.7. The summed E-state index contributed by atoms with van der Waals surface area (Å²) < 4.78 is 18.1. The SMILES string of the molecule is CC(C)C[C@H](NC(=O)[C@H](Cc1cc(I)ccc1OCc1ccccc1)NC(=O)OC(C)(C)C)C(=O)OCc1ccccc1. The Morgan fingerprint density at radius 1 is 0.814 bits per heavy atom. The van der Waals surface area contributed by atoms with E-state index in [0.717, 1.165) is 20.3 Å². The third kappa shape index (κ3) is 12.3. The summed E-state index contributed by atoms with van der Waals surface area (Å²) in [6.45, 7) is 9.60. The molecule has 0 aliphatic rings. The standard InChI is InChI=1S/C34H41IN2O6/c1-23(2)18-29(32(39)42-22-25-14-10-7-11-15-25)36-31(38)28(37-33(40)43-34(3,4)5)20-26-19-27(35)16-17-30(26)41-21-24-12-8-6-9-13-24/h6-17,19,23,28-29H,18,20-22H2,1-5H3,(H,36,38)(H,37,40)/t28-,29-/m0/s1. The van der Waals surface area contributed by atoms with Gasteiger partial charge in [-0.25, -0.2) is 9.59 Å². The highest BCUT2D eigenvalue weighted by Gasteiger charge is 2.30. The quantitative estimate of drug-likeness (QED) is 0.154. The zero-order valence-electron chi connectivity index (χ0n) is 25.4. The van der Waals surface area contributed by atoms with Gasteiger partial charge in [-0.2, -0.15) is 0 Å². The lowest BCUT2D eigenvalue weighted by molar-refractivity contribution is -0.149. The summed E-state index contributed by atoms with van der Waals surface area (Å²) >= 11 is 2.20. The van der Waals surface area contributed by atoms with Crippen LogP contribution in [0, 0.1) is 9.49 Å². The average molecular weight is 701 g/mol. The highest BCUT2D eigenvalue weighted by atomic mass is 127. The van der Waals surface area contributed by atoms with Gasteiger partial charge in [0.05, 0.1) is 0 Å². The van der Waals surface area contributed by atoms with E-state index in [0.29, 0.717) is 18.8 Å². The maximum absolute atomic E-state index is 13.8. The van der Waals surface area contributed by atoms with E-state index in [9.17, 15) is 14.4 Å². The lowest BCUT2D eigenvalue weighted by Crippen LogP contribution is -2.53. The molecule has 3 aromatic carbocycles. The van der Waals surface area contributed by atoms with E-state index in [4.69, 9.17) is 14.2 Å². The van der Waals surface area contributed by atoms with Crippen molar-refractivity contribution in [2.45, 2.75) is 78.4 Å². The van der Waals surface area contributed by atoms with Crippen LogP contribution in [0.1, 0.15) is 57.7 Å². The number of alkyl carbamates (subject to hydrolysis) is 1. The van der Waals surface area contributed by atoms with Crippen LogP contribution in [0.3, 0.4) is 0 Å². The van der Waals surface area contributed by atoms with E-state index >= 15 is 0 Å². The zero-order chi connectivity index (χ0) is 31.4. The summed E-state index contributed by atoms with van der Waals surface area (Å²) in [5, 5.41) is 5.55.